The van der Waals surface area contributed by atoms with E-state index in [2.05, 4.69) is 10.0 Å². The van der Waals surface area contributed by atoms with Crippen molar-refractivity contribution in [2.24, 2.45) is 0 Å². The standard InChI is InChI=1S/C17H18N2O4S/c1-18-17(20)11-8-13-6-9-16(10-7-13)24(21,22)19-14-4-3-5-15(12-14)23-2/h3-12,19H,1-2H3,(H,18,20)/b11-8+. The molecule has 0 aromatic heterocycles. The molecule has 0 saturated carbocycles. The summed E-state index contributed by atoms with van der Waals surface area (Å²) in [6.45, 7) is 0. The highest BCUT2D eigenvalue weighted by molar-refractivity contribution is 7.92. The number of sulfonamides is 1. The molecule has 2 N–H and O–H groups in total. The van der Waals surface area contributed by atoms with Gasteiger partial charge in [-0.25, -0.2) is 8.42 Å². The van der Waals surface area contributed by atoms with Gasteiger partial charge in [0.1, 0.15) is 5.75 Å². The fourth-order valence-electron chi connectivity index (χ4n) is 1.91. The second-order valence-electron chi connectivity index (χ2n) is 4.85. The number of amides is 1. The highest BCUT2D eigenvalue weighted by Gasteiger charge is 2.14. The maximum atomic E-state index is 12.4. The van der Waals surface area contributed by atoms with Crippen LogP contribution in [0.15, 0.2) is 59.5 Å². The van der Waals surface area contributed by atoms with Crippen LogP contribution in [0.1, 0.15) is 5.56 Å². The Balaban J connectivity index is 2.17. The number of carbonyl (C=O) groups excluding carboxylic acids is 1. The van der Waals surface area contributed by atoms with Crippen molar-refractivity contribution in [3.63, 3.8) is 0 Å². The zero-order valence-corrected chi connectivity index (χ0v) is 14.1. The number of hydrogen-bond donors (Lipinski definition) is 2. The molecule has 0 radical (unpaired) electrons. The molecule has 0 aliphatic carbocycles. The fraction of sp³-hybridized carbons (Fsp3) is 0.118. The lowest BCUT2D eigenvalue weighted by molar-refractivity contribution is -0.115. The molecule has 0 aliphatic rings. The van der Waals surface area contributed by atoms with Crippen molar-refractivity contribution in [2.75, 3.05) is 18.9 Å². The highest BCUT2D eigenvalue weighted by atomic mass is 32.2. The monoisotopic (exact) mass is 346 g/mol. The van der Waals surface area contributed by atoms with Crippen LogP contribution in [0.25, 0.3) is 6.08 Å². The minimum absolute atomic E-state index is 0.127. The molecule has 1 amide bonds. The third kappa shape index (κ3) is 4.60. The molecule has 24 heavy (non-hydrogen) atoms. The normalized spacial score (nSPS) is 11.2. The second-order valence-corrected chi connectivity index (χ2v) is 6.54. The van der Waals surface area contributed by atoms with Crippen LogP contribution in [-0.4, -0.2) is 28.5 Å². The molecule has 126 valence electrons. The number of anilines is 1. The predicted molar refractivity (Wildman–Crippen MR) is 93.3 cm³/mol. The van der Waals surface area contributed by atoms with Gasteiger partial charge in [-0.15, -0.1) is 0 Å². The smallest absolute Gasteiger partial charge is 0.261 e. The third-order valence-corrected chi connectivity index (χ3v) is 4.58. The number of nitrogens with one attached hydrogen (secondary N) is 2. The maximum Gasteiger partial charge on any atom is 0.261 e. The van der Waals surface area contributed by atoms with Gasteiger partial charge < -0.3 is 10.1 Å². The van der Waals surface area contributed by atoms with Gasteiger partial charge in [0.2, 0.25) is 5.91 Å². The third-order valence-electron chi connectivity index (χ3n) is 3.19. The van der Waals surface area contributed by atoms with Gasteiger partial charge in [-0.3, -0.25) is 9.52 Å². The first-order valence-corrected chi connectivity index (χ1v) is 8.59. The molecule has 6 nitrogen and oxygen atoms in total. The Labute approximate surface area is 141 Å². The maximum absolute atomic E-state index is 12.4. The van der Waals surface area contributed by atoms with Crippen LogP contribution in [0.5, 0.6) is 5.75 Å². The molecule has 0 heterocycles. The van der Waals surface area contributed by atoms with Gasteiger partial charge in [-0.2, -0.15) is 0 Å². The minimum atomic E-state index is -3.70. The van der Waals surface area contributed by atoms with Crippen molar-refractivity contribution in [3.8, 4) is 5.75 Å². The Bertz CT molecular complexity index is 843. The summed E-state index contributed by atoms with van der Waals surface area (Å²) in [6.07, 6.45) is 2.97. The average Bonchev–Trinajstić information content (AvgIpc) is 2.59. The Kier molecular flexibility index (Phi) is 5.59. The molecular formula is C17H18N2O4S. The molecule has 2 aromatic rings. The summed E-state index contributed by atoms with van der Waals surface area (Å²) in [5.74, 6) is 0.330. The summed E-state index contributed by atoms with van der Waals surface area (Å²) in [5.41, 5.74) is 1.14. The van der Waals surface area contributed by atoms with Crippen LogP contribution in [-0.2, 0) is 14.8 Å². The highest BCUT2D eigenvalue weighted by Crippen LogP contribution is 2.21. The number of hydrogen-bond acceptors (Lipinski definition) is 4. The summed E-state index contributed by atoms with van der Waals surface area (Å²) in [4.78, 5) is 11.3. The second kappa shape index (κ2) is 7.65. The summed E-state index contributed by atoms with van der Waals surface area (Å²) in [7, 11) is -0.653. The van der Waals surface area contributed by atoms with Gasteiger partial charge in [-0.05, 0) is 35.9 Å². The summed E-state index contributed by atoms with van der Waals surface area (Å²) in [6, 6.07) is 12.9. The Hall–Kier alpha value is -2.80. The van der Waals surface area contributed by atoms with Crippen molar-refractivity contribution in [1.82, 2.24) is 5.32 Å². The van der Waals surface area contributed by atoms with Crippen LogP contribution < -0.4 is 14.8 Å². The largest absolute Gasteiger partial charge is 0.497 e. The van der Waals surface area contributed by atoms with E-state index in [-0.39, 0.29) is 10.8 Å². The van der Waals surface area contributed by atoms with Crippen LogP contribution in [0.2, 0.25) is 0 Å². The average molecular weight is 346 g/mol. The Morgan fingerprint density at radius 2 is 1.83 bits per heavy atom. The molecule has 2 rings (SSSR count). The molecule has 0 saturated heterocycles. The molecule has 0 spiro atoms. The number of carbonyl (C=O) groups is 1. The zero-order chi connectivity index (χ0) is 17.6. The van der Waals surface area contributed by atoms with Gasteiger partial charge in [-0.1, -0.05) is 18.2 Å². The lowest BCUT2D eigenvalue weighted by Crippen LogP contribution is -2.14. The van der Waals surface area contributed by atoms with Crippen molar-refractivity contribution in [1.29, 1.82) is 0 Å². The number of methoxy groups -OCH3 is 1. The topological polar surface area (TPSA) is 84.5 Å². The van der Waals surface area contributed by atoms with E-state index in [0.717, 1.165) is 5.56 Å². The number of ether oxygens (including phenoxy) is 1. The first-order chi connectivity index (χ1) is 11.4. The van der Waals surface area contributed by atoms with E-state index in [0.29, 0.717) is 11.4 Å². The Morgan fingerprint density at radius 3 is 2.46 bits per heavy atom. The van der Waals surface area contributed by atoms with Crippen molar-refractivity contribution < 1.29 is 17.9 Å². The number of benzene rings is 2. The van der Waals surface area contributed by atoms with E-state index in [1.807, 2.05) is 0 Å². The van der Waals surface area contributed by atoms with E-state index in [9.17, 15) is 13.2 Å². The summed E-state index contributed by atoms with van der Waals surface area (Å²) < 4.78 is 32.4. The van der Waals surface area contributed by atoms with Crippen molar-refractivity contribution in [3.05, 3.63) is 60.2 Å². The molecular weight excluding hydrogens is 328 g/mol. The number of likely N-dealkylation sites (N-methyl/N-ethyl adjacent to an activating group) is 1. The lowest BCUT2D eigenvalue weighted by Gasteiger charge is -2.09. The van der Waals surface area contributed by atoms with Gasteiger partial charge >= 0.3 is 0 Å². The van der Waals surface area contributed by atoms with E-state index in [1.165, 1.54) is 32.4 Å². The predicted octanol–water partition coefficient (Wildman–Crippen LogP) is 2.26. The number of rotatable bonds is 6. The zero-order valence-electron chi connectivity index (χ0n) is 13.3. The van der Waals surface area contributed by atoms with E-state index in [1.54, 1.807) is 42.5 Å². The van der Waals surface area contributed by atoms with Crippen LogP contribution in [0, 0.1) is 0 Å². The molecule has 0 aliphatic heterocycles. The van der Waals surface area contributed by atoms with E-state index >= 15 is 0 Å². The summed E-state index contributed by atoms with van der Waals surface area (Å²) in [5, 5.41) is 2.47. The fourth-order valence-corrected chi connectivity index (χ4v) is 2.96. The molecule has 0 unspecified atom stereocenters. The van der Waals surface area contributed by atoms with Crippen LogP contribution in [0.3, 0.4) is 0 Å². The molecule has 2 aromatic carbocycles. The quantitative estimate of drug-likeness (QED) is 0.786. The first kappa shape index (κ1) is 17.6. The van der Waals surface area contributed by atoms with Gasteiger partial charge in [0, 0.05) is 19.2 Å². The van der Waals surface area contributed by atoms with Crippen molar-refractivity contribution >= 4 is 27.7 Å². The molecule has 0 fully saturated rings. The lowest BCUT2D eigenvalue weighted by atomic mass is 10.2. The van der Waals surface area contributed by atoms with Crippen molar-refractivity contribution in [2.45, 2.75) is 4.90 Å². The van der Waals surface area contributed by atoms with Crippen LogP contribution >= 0.6 is 0 Å². The first-order valence-electron chi connectivity index (χ1n) is 7.11. The minimum Gasteiger partial charge on any atom is -0.497 e. The molecule has 7 heteroatoms. The van der Waals surface area contributed by atoms with Gasteiger partial charge in [0.15, 0.2) is 0 Å². The molecule has 0 atom stereocenters. The van der Waals surface area contributed by atoms with Gasteiger partial charge in [0.05, 0.1) is 17.7 Å². The van der Waals surface area contributed by atoms with Gasteiger partial charge in [0.25, 0.3) is 10.0 Å². The van der Waals surface area contributed by atoms with E-state index < -0.39 is 10.0 Å². The molecule has 0 bridgehead atoms. The van der Waals surface area contributed by atoms with Crippen LogP contribution in [0.4, 0.5) is 5.69 Å². The Morgan fingerprint density at radius 1 is 1.12 bits per heavy atom. The van der Waals surface area contributed by atoms with E-state index in [4.69, 9.17) is 4.74 Å². The SMILES string of the molecule is CNC(=O)/C=C/c1ccc(S(=O)(=O)Nc2cccc(OC)c2)cc1. The summed E-state index contributed by atoms with van der Waals surface area (Å²) >= 11 is 0.